The normalized spacial score (nSPS) is 17.1. The molecule has 0 spiro atoms. The van der Waals surface area contributed by atoms with Gasteiger partial charge in [0.05, 0.1) is 5.92 Å². The van der Waals surface area contributed by atoms with E-state index in [1.54, 1.807) is 17.3 Å². The summed E-state index contributed by atoms with van der Waals surface area (Å²) in [7, 11) is 0. The summed E-state index contributed by atoms with van der Waals surface area (Å²) in [5.41, 5.74) is 3.23. The van der Waals surface area contributed by atoms with Gasteiger partial charge in [0.15, 0.2) is 0 Å². The van der Waals surface area contributed by atoms with Crippen LogP contribution < -0.4 is 5.32 Å². The first kappa shape index (κ1) is 16.2. The lowest BCUT2D eigenvalue weighted by atomic mass is 10.1. The van der Waals surface area contributed by atoms with Crippen molar-refractivity contribution in [3.63, 3.8) is 0 Å². The predicted octanol–water partition coefficient (Wildman–Crippen LogP) is 2.05. The fraction of sp³-hybridized carbons (Fsp3) is 0.316. The third-order valence-electron chi connectivity index (χ3n) is 4.27. The van der Waals surface area contributed by atoms with Gasteiger partial charge in [0, 0.05) is 38.4 Å². The summed E-state index contributed by atoms with van der Waals surface area (Å²) < 4.78 is 0. The van der Waals surface area contributed by atoms with Crippen LogP contribution in [0.4, 0.5) is 0 Å². The first-order valence-corrected chi connectivity index (χ1v) is 8.12. The van der Waals surface area contributed by atoms with Gasteiger partial charge in [-0.3, -0.25) is 14.6 Å². The van der Waals surface area contributed by atoms with Crippen molar-refractivity contribution in [3.05, 3.63) is 65.5 Å². The van der Waals surface area contributed by atoms with Gasteiger partial charge >= 0.3 is 0 Å². The molecule has 1 aliphatic rings. The van der Waals surface area contributed by atoms with Crippen molar-refractivity contribution in [1.82, 2.24) is 15.2 Å². The van der Waals surface area contributed by atoms with Crippen molar-refractivity contribution in [2.75, 3.05) is 6.54 Å². The van der Waals surface area contributed by atoms with Crippen molar-refractivity contribution >= 4 is 11.8 Å². The second-order valence-corrected chi connectivity index (χ2v) is 6.24. The number of hydrogen-bond acceptors (Lipinski definition) is 3. The minimum Gasteiger partial charge on any atom is -0.352 e. The zero-order valence-electron chi connectivity index (χ0n) is 13.7. The average Bonchev–Trinajstić information content (AvgIpc) is 2.96. The smallest absolute Gasteiger partial charge is 0.225 e. The molecule has 2 amide bonds. The minimum absolute atomic E-state index is 0.0390. The van der Waals surface area contributed by atoms with E-state index in [1.165, 1.54) is 5.56 Å². The van der Waals surface area contributed by atoms with E-state index in [-0.39, 0.29) is 24.2 Å². The van der Waals surface area contributed by atoms with Crippen LogP contribution in [0, 0.1) is 12.8 Å². The maximum atomic E-state index is 12.3. The Morgan fingerprint density at radius 2 is 2.04 bits per heavy atom. The van der Waals surface area contributed by atoms with E-state index in [0.717, 1.165) is 11.1 Å². The minimum atomic E-state index is -0.278. The fourth-order valence-corrected chi connectivity index (χ4v) is 2.85. The number of likely N-dealkylation sites (tertiary alicyclic amines) is 1. The topological polar surface area (TPSA) is 62.3 Å². The molecule has 0 saturated carbocycles. The molecular formula is C19H21N3O2. The first-order valence-electron chi connectivity index (χ1n) is 8.12. The SMILES string of the molecule is Cc1ccc(CN2CC(C(=O)NCc3cccnc3)CC2=O)cc1. The van der Waals surface area contributed by atoms with Crippen LogP contribution in [0.25, 0.3) is 0 Å². The molecule has 3 rings (SSSR count). The van der Waals surface area contributed by atoms with Crippen LogP contribution in [-0.2, 0) is 22.7 Å². The Morgan fingerprint density at radius 3 is 2.75 bits per heavy atom. The highest BCUT2D eigenvalue weighted by molar-refractivity contribution is 5.89. The fourth-order valence-electron chi connectivity index (χ4n) is 2.85. The summed E-state index contributed by atoms with van der Waals surface area (Å²) in [6.07, 6.45) is 3.71. The lowest BCUT2D eigenvalue weighted by Crippen LogP contribution is -2.32. The van der Waals surface area contributed by atoms with Crippen molar-refractivity contribution in [1.29, 1.82) is 0 Å². The van der Waals surface area contributed by atoms with Crippen molar-refractivity contribution in [3.8, 4) is 0 Å². The summed E-state index contributed by atoms with van der Waals surface area (Å²) in [4.78, 5) is 30.3. The number of hydrogen-bond donors (Lipinski definition) is 1. The molecule has 1 aromatic heterocycles. The van der Waals surface area contributed by atoms with Gasteiger partial charge in [-0.15, -0.1) is 0 Å². The van der Waals surface area contributed by atoms with Crippen LogP contribution in [0.3, 0.4) is 0 Å². The maximum absolute atomic E-state index is 12.3. The molecule has 5 heteroatoms. The van der Waals surface area contributed by atoms with Crippen LogP contribution in [0.15, 0.2) is 48.8 Å². The van der Waals surface area contributed by atoms with Crippen molar-refractivity contribution < 1.29 is 9.59 Å². The lowest BCUT2D eigenvalue weighted by Gasteiger charge is -2.17. The van der Waals surface area contributed by atoms with Gasteiger partial charge < -0.3 is 10.2 Å². The van der Waals surface area contributed by atoms with E-state index in [0.29, 0.717) is 19.6 Å². The van der Waals surface area contributed by atoms with Crippen molar-refractivity contribution in [2.24, 2.45) is 5.92 Å². The Bertz CT molecular complexity index is 713. The Morgan fingerprint density at radius 1 is 1.25 bits per heavy atom. The largest absolute Gasteiger partial charge is 0.352 e. The molecule has 0 radical (unpaired) electrons. The monoisotopic (exact) mass is 323 g/mol. The lowest BCUT2D eigenvalue weighted by molar-refractivity contribution is -0.129. The molecule has 1 saturated heterocycles. The number of aromatic nitrogens is 1. The molecule has 1 unspecified atom stereocenters. The van der Waals surface area contributed by atoms with Gasteiger partial charge in [-0.2, -0.15) is 0 Å². The van der Waals surface area contributed by atoms with Crippen LogP contribution in [0.1, 0.15) is 23.1 Å². The number of amides is 2. The molecule has 1 aromatic carbocycles. The van der Waals surface area contributed by atoms with Gasteiger partial charge in [0.2, 0.25) is 11.8 Å². The van der Waals surface area contributed by atoms with Gasteiger partial charge in [-0.25, -0.2) is 0 Å². The zero-order valence-corrected chi connectivity index (χ0v) is 13.7. The number of carbonyl (C=O) groups excluding carboxylic acids is 2. The number of nitrogens with one attached hydrogen (secondary N) is 1. The number of rotatable bonds is 5. The Labute approximate surface area is 141 Å². The quantitative estimate of drug-likeness (QED) is 0.916. The average molecular weight is 323 g/mol. The molecule has 24 heavy (non-hydrogen) atoms. The number of pyridine rings is 1. The molecule has 1 N–H and O–H groups in total. The van der Waals surface area contributed by atoms with E-state index >= 15 is 0 Å². The molecule has 124 valence electrons. The van der Waals surface area contributed by atoms with E-state index in [1.807, 2.05) is 43.3 Å². The van der Waals surface area contributed by atoms with Crippen LogP contribution in [0.2, 0.25) is 0 Å². The molecule has 0 bridgehead atoms. The summed E-state index contributed by atoms with van der Waals surface area (Å²) in [5.74, 6) is -0.310. The number of nitrogens with zero attached hydrogens (tertiary/aromatic N) is 2. The molecule has 5 nitrogen and oxygen atoms in total. The summed E-state index contributed by atoms with van der Waals surface area (Å²) >= 11 is 0. The second kappa shape index (κ2) is 7.25. The molecule has 2 aromatic rings. The Kier molecular flexibility index (Phi) is 4.89. The number of benzene rings is 1. The summed E-state index contributed by atoms with van der Waals surface area (Å²) in [6, 6.07) is 11.9. The summed E-state index contributed by atoms with van der Waals surface area (Å²) in [5, 5.41) is 2.90. The molecule has 0 aliphatic carbocycles. The standard InChI is InChI=1S/C19H21N3O2/c1-14-4-6-15(7-5-14)12-22-13-17(9-18(22)23)19(24)21-11-16-3-2-8-20-10-16/h2-8,10,17H,9,11-13H2,1H3,(H,21,24). The highest BCUT2D eigenvalue weighted by Gasteiger charge is 2.34. The van der Waals surface area contributed by atoms with E-state index < -0.39 is 0 Å². The maximum Gasteiger partial charge on any atom is 0.225 e. The van der Waals surface area contributed by atoms with Crippen LogP contribution in [0.5, 0.6) is 0 Å². The van der Waals surface area contributed by atoms with Gasteiger partial charge in [0.25, 0.3) is 0 Å². The van der Waals surface area contributed by atoms with Gasteiger partial charge in [-0.1, -0.05) is 35.9 Å². The third kappa shape index (κ3) is 3.98. The van der Waals surface area contributed by atoms with Crippen LogP contribution >= 0.6 is 0 Å². The molecule has 1 atom stereocenters. The summed E-state index contributed by atoms with van der Waals surface area (Å²) in [6.45, 7) is 3.51. The molecular weight excluding hydrogens is 302 g/mol. The molecule has 1 fully saturated rings. The Hall–Kier alpha value is -2.69. The second-order valence-electron chi connectivity index (χ2n) is 6.24. The van der Waals surface area contributed by atoms with Gasteiger partial charge in [-0.05, 0) is 24.1 Å². The zero-order chi connectivity index (χ0) is 16.9. The molecule has 2 heterocycles. The van der Waals surface area contributed by atoms with E-state index in [2.05, 4.69) is 10.3 Å². The molecule has 1 aliphatic heterocycles. The highest BCUT2D eigenvalue weighted by Crippen LogP contribution is 2.20. The first-order chi connectivity index (χ1) is 11.6. The van der Waals surface area contributed by atoms with E-state index in [9.17, 15) is 9.59 Å². The predicted molar refractivity (Wildman–Crippen MR) is 90.8 cm³/mol. The van der Waals surface area contributed by atoms with Gasteiger partial charge in [0.1, 0.15) is 0 Å². The Balaban J connectivity index is 1.53. The third-order valence-corrected chi connectivity index (χ3v) is 4.27. The van der Waals surface area contributed by atoms with Crippen LogP contribution in [-0.4, -0.2) is 28.2 Å². The highest BCUT2D eigenvalue weighted by atomic mass is 16.2. The number of aryl methyl sites for hydroxylation is 1. The number of carbonyl (C=O) groups is 2. The van der Waals surface area contributed by atoms with E-state index in [4.69, 9.17) is 0 Å². The van der Waals surface area contributed by atoms with Crippen molar-refractivity contribution in [2.45, 2.75) is 26.4 Å².